The summed E-state index contributed by atoms with van der Waals surface area (Å²) in [7, 11) is 1.36. The van der Waals surface area contributed by atoms with Crippen LogP contribution in [0.3, 0.4) is 0 Å². The number of carbonyl (C=O) groups is 1. The molecule has 22 heteroatoms. The Morgan fingerprint density at radius 1 is 0.766 bits per heavy atom. The molecular weight excluding hydrogens is 856 g/mol. The molecule has 3 aliphatic heterocycles. The second kappa shape index (κ2) is 19.5. The van der Waals surface area contributed by atoms with Gasteiger partial charge in [-0.1, -0.05) is 6.07 Å². The maximum absolute atomic E-state index is 13.8. The molecule has 0 aliphatic carbocycles. The summed E-state index contributed by atoms with van der Waals surface area (Å²) in [5.41, 5.74) is -0.887. The first-order valence-corrected chi connectivity index (χ1v) is 20.0. The molecular formula is C42H48O22. The highest BCUT2D eigenvalue weighted by Gasteiger charge is 2.52. The molecule has 0 unspecified atom stereocenters. The van der Waals surface area contributed by atoms with Gasteiger partial charge in [0.1, 0.15) is 114 Å². The Labute approximate surface area is 361 Å². The van der Waals surface area contributed by atoms with Crippen LogP contribution in [0.25, 0.3) is 22.3 Å². The molecule has 14 atom stereocenters. The van der Waals surface area contributed by atoms with Crippen LogP contribution >= 0.6 is 0 Å². The lowest BCUT2D eigenvalue weighted by atomic mass is 9.89. The second-order valence-electron chi connectivity index (χ2n) is 15.5. The number of aromatic hydroxyl groups is 3. The summed E-state index contributed by atoms with van der Waals surface area (Å²) in [5.74, 6) is -2.39. The fourth-order valence-corrected chi connectivity index (χ4v) is 7.61. The van der Waals surface area contributed by atoms with Crippen molar-refractivity contribution in [3.05, 3.63) is 75.9 Å². The third-order valence-electron chi connectivity index (χ3n) is 11.2. The molecule has 0 spiro atoms. The number of benzene rings is 3. The number of aryl methyl sites for hydroxylation is 1. The van der Waals surface area contributed by atoms with E-state index in [1.165, 1.54) is 43.5 Å². The number of phenols is 3. The van der Waals surface area contributed by atoms with E-state index in [9.17, 15) is 70.9 Å². The van der Waals surface area contributed by atoms with Crippen molar-refractivity contribution in [1.82, 2.24) is 0 Å². The van der Waals surface area contributed by atoms with Gasteiger partial charge in [-0.3, -0.25) is 9.59 Å². The van der Waals surface area contributed by atoms with Crippen LogP contribution in [0.2, 0.25) is 0 Å². The smallest absolute Gasteiger partial charge is 0.306 e. The molecule has 0 amide bonds. The summed E-state index contributed by atoms with van der Waals surface area (Å²) in [6.45, 7) is -2.18. The molecule has 12 N–H and O–H groups in total. The van der Waals surface area contributed by atoms with Crippen molar-refractivity contribution in [1.29, 1.82) is 0 Å². The van der Waals surface area contributed by atoms with Crippen molar-refractivity contribution in [2.45, 2.75) is 98.7 Å². The Morgan fingerprint density at radius 2 is 1.47 bits per heavy atom. The van der Waals surface area contributed by atoms with Crippen molar-refractivity contribution in [3.8, 4) is 40.1 Å². The summed E-state index contributed by atoms with van der Waals surface area (Å²) >= 11 is 0. The van der Waals surface area contributed by atoms with Crippen LogP contribution in [-0.4, -0.2) is 174 Å². The molecule has 3 aromatic carbocycles. The van der Waals surface area contributed by atoms with Gasteiger partial charge in [0.05, 0.1) is 25.9 Å². The van der Waals surface area contributed by atoms with E-state index < -0.39 is 139 Å². The van der Waals surface area contributed by atoms with Crippen molar-refractivity contribution in [2.75, 3.05) is 26.9 Å². The van der Waals surface area contributed by atoms with Crippen molar-refractivity contribution in [2.24, 2.45) is 0 Å². The lowest BCUT2D eigenvalue weighted by Crippen LogP contribution is -2.61. The van der Waals surface area contributed by atoms with Gasteiger partial charge < -0.3 is 98.9 Å². The minimum atomic E-state index is -2.08. The Morgan fingerprint density at radius 3 is 2.17 bits per heavy atom. The number of aliphatic hydroxyl groups excluding tert-OH is 9. The molecule has 7 rings (SSSR count). The topological polar surface area (TPSA) is 355 Å². The first-order chi connectivity index (χ1) is 30.5. The number of ether oxygens (including phenoxy) is 7. The molecule has 4 heterocycles. The van der Waals surface area contributed by atoms with E-state index in [4.69, 9.17) is 37.6 Å². The number of hydrogen-bond acceptors (Lipinski definition) is 22. The molecule has 4 aromatic rings. The van der Waals surface area contributed by atoms with Crippen molar-refractivity contribution < 1.29 is 104 Å². The van der Waals surface area contributed by atoms with Crippen LogP contribution in [0.15, 0.2) is 63.8 Å². The van der Waals surface area contributed by atoms with Gasteiger partial charge in [0.25, 0.3) is 0 Å². The van der Waals surface area contributed by atoms with Gasteiger partial charge in [0.15, 0.2) is 23.2 Å². The Hall–Kier alpha value is -5.18. The number of rotatable bonds is 13. The largest absolute Gasteiger partial charge is 0.508 e. The summed E-state index contributed by atoms with van der Waals surface area (Å²) in [5, 5.41) is 128. The molecule has 0 bridgehead atoms. The molecule has 0 radical (unpaired) electrons. The Kier molecular flexibility index (Phi) is 14.3. The molecule has 348 valence electrons. The zero-order chi connectivity index (χ0) is 46.1. The standard InChI is InChI=1S/C42H48O22/c1-57-23-10-16(2-8-19(23)45)3-9-28(48)58-15-27-33(51)35(53)38(56)42(63-27)62-25-12-24-29(20(46)11-22(60-24)17-4-6-18(44)7-5-17)34(52)30(25)39-40(36(54)32(50)26(13-43)61-39)64-41-37(55)31(49)21(47)14-59-41/h2,4-8,10-12,21,26-27,31-33,35-45,47,49-56H,3,9,13-15H2,1H3/t21-,26+,27+,31-,32+,33+,35-,36-,37+,38+,39-,40+,41-,42+/m0/s1. The van der Waals surface area contributed by atoms with Gasteiger partial charge in [0.2, 0.25) is 6.29 Å². The molecule has 3 saturated heterocycles. The average molecular weight is 905 g/mol. The lowest BCUT2D eigenvalue weighted by molar-refractivity contribution is -0.325. The third kappa shape index (κ3) is 9.46. The van der Waals surface area contributed by atoms with E-state index in [-0.39, 0.29) is 41.4 Å². The van der Waals surface area contributed by atoms with Crippen LogP contribution in [-0.2, 0) is 34.9 Å². The van der Waals surface area contributed by atoms with Gasteiger partial charge >= 0.3 is 5.97 Å². The fraction of sp³-hybridized carbons (Fsp3) is 0.476. The van der Waals surface area contributed by atoms with E-state index in [1.807, 2.05) is 0 Å². The Balaban J connectivity index is 1.25. The number of esters is 1. The molecule has 3 fully saturated rings. The van der Waals surface area contributed by atoms with Gasteiger partial charge in [0, 0.05) is 24.1 Å². The minimum Gasteiger partial charge on any atom is -0.508 e. The Bertz CT molecular complexity index is 2320. The van der Waals surface area contributed by atoms with Gasteiger partial charge in [-0.15, -0.1) is 0 Å². The number of phenolic OH excluding ortho intramolecular Hbond substituents is 3. The number of methoxy groups -OCH3 is 1. The van der Waals surface area contributed by atoms with Crippen molar-refractivity contribution >= 4 is 16.9 Å². The first-order valence-electron chi connectivity index (χ1n) is 20.0. The zero-order valence-electron chi connectivity index (χ0n) is 33.8. The van der Waals surface area contributed by atoms with Crippen LogP contribution in [0.1, 0.15) is 23.7 Å². The van der Waals surface area contributed by atoms with Gasteiger partial charge in [-0.25, -0.2) is 0 Å². The second-order valence-corrected chi connectivity index (χ2v) is 15.5. The predicted octanol–water partition coefficient (Wildman–Crippen LogP) is -2.07. The zero-order valence-corrected chi connectivity index (χ0v) is 33.8. The fourth-order valence-electron chi connectivity index (χ4n) is 7.61. The summed E-state index contributed by atoms with van der Waals surface area (Å²) in [4.78, 5) is 26.6. The van der Waals surface area contributed by atoms with E-state index in [1.54, 1.807) is 6.07 Å². The van der Waals surface area contributed by atoms with Crippen LogP contribution in [0.4, 0.5) is 0 Å². The van der Waals surface area contributed by atoms with E-state index in [0.29, 0.717) is 11.1 Å². The van der Waals surface area contributed by atoms with Gasteiger partial charge in [-0.2, -0.15) is 0 Å². The first kappa shape index (κ1) is 46.8. The quantitative estimate of drug-likeness (QED) is 0.0641. The summed E-state index contributed by atoms with van der Waals surface area (Å²) in [6.07, 6.45) is -26.1. The monoisotopic (exact) mass is 904 g/mol. The van der Waals surface area contributed by atoms with Crippen molar-refractivity contribution in [3.63, 3.8) is 0 Å². The van der Waals surface area contributed by atoms with E-state index >= 15 is 0 Å². The number of fused-ring (bicyclic) bond motifs is 1. The molecule has 64 heavy (non-hydrogen) atoms. The lowest BCUT2D eigenvalue weighted by Gasteiger charge is -2.45. The average Bonchev–Trinajstić information content (AvgIpc) is 3.27. The highest BCUT2D eigenvalue weighted by Crippen LogP contribution is 2.47. The highest BCUT2D eigenvalue weighted by atomic mass is 16.7. The number of carbonyl (C=O) groups excluding carboxylic acids is 1. The maximum atomic E-state index is 13.8. The van der Waals surface area contributed by atoms with E-state index in [0.717, 1.165) is 12.1 Å². The number of aliphatic hydroxyl groups is 9. The molecule has 0 saturated carbocycles. The number of hydrogen-bond donors (Lipinski definition) is 12. The molecule has 22 nitrogen and oxygen atoms in total. The van der Waals surface area contributed by atoms with Gasteiger partial charge in [-0.05, 0) is 48.4 Å². The molecule has 1 aromatic heterocycles. The van der Waals surface area contributed by atoms with Crippen LogP contribution in [0.5, 0.6) is 28.7 Å². The maximum Gasteiger partial charge on any atom is 0.306 e. The molecule has 3 aliphatic rings. The summed E-state index contributed by atoms with van der Waals surface area (Å²) in [6, 6.07) is 12.0. The predicted molar refractivity (Wildman–Crippen MR) is 212 cm³/mol. The minimum absolute atomic E-state index is 0.0623. The van der Waals surface area contributed by atoms with Crippen LogP contribution < -0.4 is 14.9 Å². The summed E-state index contributed by atoms with van der Waals surface area (Å²) < 4.78 is 45.5. The normalized spacial score (nSPS) is 32.0. The van der Waals surface area contributed by atoms with Crippen LogP contribution in [0, 0.1) is 0 Å². The SMILES string of the molecule is COc1cc(CCC(=O)OC[C@H]2O[C@@H](Oc3cc4oc(-c5ccc(O)cc5)cc(=O)c4c(O)c3[C@@H]3O[C@H](CO)[C@@H](O)[C@H](O)[C@H]3O[C@@H]3OC[C@H](O)[C@H](O)[C@H]3O)[C@H](O)[C@@H](O)[C@@H]2O)ccc1O. The third-order valence-corrected chi connectivity index (χ3v) is 11.2. The highest BCUT2D eigenvalue weighted by molar-refractivity contribution is 5.88. The van der Waals surface area contributed by atoms with E-state index in [2.05, 4.69) is 0 Å².